The number of anilines is 1. The Bertz CT molecular complexity index is 510. The molecule has 0 amide bonds. The van der Waals surface area contributed by atoms with E-state index in [0.29, 0.717) is 0 Å². The van der Waals surface area contributed by atoms with Crippen LogP contribution in [-0.2, 0) is 14.8 Å². The number of nitrogens with one attached hydrogen (secondary N) is 2. The zero-order valence-electron chi connectivity index (χ0n) is 12.6. The van der Waals surface area contributed by atoms with Gasteiger partial charge >= 0.3 is 0 Å². The number of hydrogen-bond donors (Lipinski definition) is 2. The normalized spacial score (nSPS) is 12.4. The Hall–Kier alpha value is -1.11. The lowest BCUT2D eigenvalue weighted by atomic mass is 10.1. The molecule has 5 nitrogen and oxygen atoms in total. The Morgan fingerprint density at radius 1 is 1.20 bits per heavy atom. The van der Waals surface area contributed by atoms with Crippen molar-refractivity contribution in [2.24, 2.45) is 0 Å². The molecule has 0 unspecified atom stereocenters. The molecule has 0 radical (unpaired) electrons. The van der Waals surface area contributed by atoms with Crippen LogP contribution >= 0.6 is 0 Å². The summed E-state index contributed by atoms with van der Waals surface area (Å²) in [5.74, 6) is 0. The highest BCUT2D eigenvalue weighted by atomic mass is 32.2. The summed E-state index contributed by atoms with van der Waals surface area (Å²) >= 11 is 0. The van der Waals surface area contributed by atoms with Crippen LogP contribution in [0.1, 0.15) is 27.2 Å². The fourth-order valence-corrected chi connectivity index (χ4v) is 2.64. The van der Waals surface area contributed by atoms with Gasteiger partial charge in [0.15, 0.2) is 0 Å². The molecule has 0 fully saturated rings. The van der Waals surface area contributed by atoms with Crippen LogP contribution in [0, 0.1) is 0 Å². The van der Waals surface area contributed by atoms with E-state index in [2.05, 4.69) is 17.0 Å². The van der Waals surface area contributed by atoms with Gasteiger partial charge in [-0.3, -0.25) is 0 Å². The van der Waals surface area contributed by atoms with Gasteiger partial charge in [-0.2, -0.15) is 0 Å². The highest BCUT2D eigenvalue weighted by molar-refractivity contribution is 7.89. The summed E-state index contributed by atoms with van der Waals surface area (Å²) in [6.07, 6.45) is 1.02. The number of sulfonamides is 1. The molecule has 20 heavy (non-hydrogen) atoms. The summed E-state index contributed by atoms with van der Waals surface area (Å²) in [4.78, 5) is 0.256. The third-order valence-corrected chi connectivity index (χ3v) is 4.40. The largest absolute Gasteiger partial charge is 0.385 e. The molecule has 0 heterocycles. The van der Waals surface area contributed by atoms with E-state index in [4.69, 9.17) is 4.74 Å². The topological polar surface area (TPSA) is 67.4 Å². The Balaban J connectivity index is 2.73. The summed E-state index contributed by atoms with van der Waals surface area (Å²) < 4.78 is 32.0. The highest BCUT2D eigenvalue weighted by Crippen LogP contribution is 2.15. The van der Waals surface area contributed by atoms with Crippen molar-refractivity contribution in [1.29, 1.82) is 0 Å². The lowest BCUT2D eigenvalue weighted by molar-refractivity contribution is 0.0276. The van der Waals surface area contributed by atoms with Gasteiger partial charge in [-0.15, -0.1) is 0 Å². The van der Waals surface area contributed by atoms with Crippen molar-refractivity contribution in [2.75, 3.05) is 25.5 Å². The van der Waals surface area contributed by atoms with Crippen molar-refractivity contribution >= 4 is 15.7 Å². The number of benzene rings is 1. The summed E-state index contributed by atoms with van der Waals surface area (Å²) in [5, 5.41) is 3.20. The molecule has 1 aromatic rings. The lowest BCUT2D eigenvalue weighted by Gasteiger charge is -2.23. The van der Waals surface area contributed by atoms with Gasteiger partial charge in [0.2, 0.25) is 10.0 Å². The summed E-state index contributed by atoms with van der Waals surface area (Å²) in [5.41, 5.74) is 0.387. The molecule has 0 saturated heterocycles. The number of hydrogen-bond acceptors (Lipinski definition) is 4. The molecule has 0 aliphatic carbocycles. The fourth-order valence-electron chi connectivity index (χ4n) is 1.45. The number of ether oxygens (including phenoxy) is 1. The molecule has 0 aromatic heterocycles. The van der Waals surface area contributed by atoms with E-state index in [-0.39, 0.29) is 11.4 Å². The van der Waals surface area contributed by atoms with Gasteiger partial charge in [-0.25, -0.2) is 13.1 Å². The quantitative estimate of drug-likeness (QED) is 0.772. The van der Waals surface area contributed by atoms with Gasteiger partial charge in [0.25, 0.3) is 0 Å². The molecule has 0 aliphatic heterocycles. The van der Waals surface area contributed by atoms with Gasteiger partial charge in [-0.05, 0) is 44.5 Å². The molecule has 0 saturated carbocycles. The highest BCUT2D eigenvalue weighted by Gasteiger charge is 2.21. The predicted octanol–water partition coefficient (Wildman–Crippen LogP) is 2.21. The van der Waals surface area contributed by atoms with Crippen molar-refractivity contribution in [3.8, 4) is 0 Å². The molecular weight excluding hydrogens is 276 g/mol. The number of rotatable bonds is 8. The fraction of sp³-hybridized carbons (Fsp3) is 0.571. The Morgan fingerprint density at radius 3 is 2.30 bits per heavy atom. The van der Waals surface area contributed by atoms with E-state index in [1.54, 1.807) is 31.4 Å². The van der Waals surface area contributed by atoms with Crippen LogP contribution in [0.15, 0.2) is 29.2 Å². The van der Waals surface area contributed by atoms with Crippen molar-refractivity contribution in [2.45, 2.75) is 37.7 Å². The minimum absolute atomic E-state index is 0.224. The molecule has 2 N–H and O–H groups in total. The van der Waals surface area contributed by atoms with Crippen LogP contribution in [-0.4, -0.2) is 34.2 Å². The maximum absolute atomic E-state index is 12.1. The summed E-state index contributed by atoms with van der Waals surface area (Å²) in [6, 6.07) is 6.73. The first-order valence-corrected chi connectivity index (χ1v) is 8.18. The minimum Gasteiger partial charge on any atom is -0.385 e. The average Bonchev–Trinajstić information content (AvgIpc) is 2.44. The Kier molecular flexibility index (Phi) is 5.98. The van der Waals surface area contributed by atoms with Crippen LogP contribution < -0.4 is 10.0 Å². The van der Waals surface area contributed by atoms with Crippen LogP contribution in [0.4, 0.5) is 5.69 Å². The average molecular weight is 300 g/mol. The molecule has 6 heteroatoms. The van der Waals surface area contributed by atoms with Gasteiger partial charge in [0.1, 0.15) is 0 Å². The van der Waals surface area contributed by atoms with Gasteiger partial charge < -0.3 is 10.1 Å². The maximum atomic E-state index is 12.1. The van der Waals surface area contributed by atoms with Gasteiger partial charge in [-0.1, -0.05) is 6.92 Å². The Labute approximate surface area is 121 Å². The summed E-state index contributed by atoms with van der Waals surface area (Å²) in [6.45, 7) is 6.82. The van der Waals surface area contributed by atoms with Crippen LogP contribution in [0.25, 0.3) is 0 Å². The molecule has 0 atom stereocenters. The molecule has 1 aromatic carbocycles. The van der Waals surface area contributed by atoms with Crippen molar-refractivity contribution < 1.29 is 13.2 Å². The predicted molar refractivity (Wildman–Crippen MR) is 81.5 cm³/mol. The standard InChI is InChI=1S/C14H24N2O3S/c1-5-10-15-12-6-8-13(9-7-12)20(17,18)16-11-14(2,3)19-4/h6-9,15-16H,5,10-11H2,1-4H3. The van der Waals surface area contributed by atoms with Crippen LogP contribution in [0.5, 0.6) is 0 Å². The first kappa shape index (κ1) is 16.9. The first-order chi connectivity index (χ1) is 9.30. The minimum atomic E-state index is -3.50. The molecule has 0 spiro atoms. The van der Waals surface area contributed by atoms with E-state index < -0.39 is 15.6 Å². The molecule has 114 valence electrons. The molecule has 0 aliphatic rings. The second-order valence-electron chi connectivity index (χ2n) is 5.24. The number of methoxy groups -OCH3 is 1. The zero-order chi connectivity index (χ0) is 15.2. The van der Waals surface area contributed by atoms with Crippen molar-refractivity contribution in [3.05, 3.63) is 24.3 Å². The van der Waals surface area contributed by atoms with Crippen LogP contribution in [0.2, 0.25) is 0 Å². The van der Waals surface area contributed by atoms with Crippen molar-refractivity contribution in [3.63, 3.8) is 0 Å². The summed E-state index contributed by atoms with van der Waals surface area (Å²) in [7, 11) is -1.94. The van der Waals surface area contributed by atoms with Crippen molar-refractivity contribution in [1.82, 2.24) is 4.72 Å². The lowest BCUT2D eigenvalue weighted by Crippen LogP contribution is -2.39. The van der Waals surface area contributed by atoms with E-state index in [1.165, 1.54) is 0 Å². The van der Waals surface area contributed by atoms with E-state index >= 15 is 0 Å². The molecule has 1 rings (SSSR count). The SMILES string of the molecule is CCCNc1ccc(S(=O)(=O)NCC(C)(C)OC)cc1. The molecule has 0 bridgehead atoms. The third-order valence-electron chi connectivity index (χ3n) is 2.98. The monoisotopic (exact) mass is 300 g/mol. The smallest absolute Gasteiger partial charge is 0.240 e. The van der Waals surface area contributed by atoms with Crippen LogP contribution in [0.3, 0.4) is 0 Å². The Morgan fingerprint density at radius 2 is 1.80 bits per heavy atom. The third kappa shape index (κ3) is 5.11. The van der Waals surface area contributed by atoms with Gasteiger partial charge in [0, 0.05) is 25.9 Å². The molecular formula is C14H24N2O3S. The van der Waals surface area contributed by atoms with E-state index in [9.17, 15) is 8.42 Å². The van der Waals surface area contributed by atoms with Gasteiger partial charge in [0.05, 0.1) is 10.5 Å². The second-order valence-corrected chi connectivity index (χ2v) is 7.01. The second kappa shape index (κ2) is 7.06. The van der Waals surface area contributed by atoms with E-state index in [0.717, 1.165) is 18.7 Å². The zero-order valence-corrected chi connectivity index (χ0v) is 13.4. The maximum Gasteiger partial charge on any atom is 0.240 e. The van der Waals surface area contributed by atoms with E-state index in [1.807, 2.05) is 13.8 Å². The first-order valence-electron chi connectivity index (χ1n) is 6.69.